The summed E-state index contributed by atoms with van der Waals surface area (Å²) < 4.78 is 11.7. The van der Waals surface area contributed by atoms with Gasteiger partial charge >= 0.3 is 0 Å². The Morgan fingerprint density at radius 2 is 1.85 bits per heavy atom. The third-order valence-corrected chi connectivity index (χ3v) is 8.36. The van der Waals surface area contributed by atoms with Gasteiger partial charge in [0.1, 0.15) is 18.1 Å². The molecular weight excluding hydrogens is 416 g/mol. The average molecular weight is 454 g/mol. The van der Waals surface area contributed by atoms with Crippen molar-refractivity contribution in [2.45, 2.75) is 66.2 Å². The number of aromatic nitrogens is 2. The van der Waals surface area contributed by atoms with E-state index in [2.05, 4.69) is 81.4 Å². The maximum atomic E-state index is 6.99. The first-order valence-corrected chi connectivity index (χ1v) is 13.1. The number of hydrogen-bond donors (Lipinski definition) is 0. The molecule has 3 nitrogen and oxygen atoms in total. The molecule has 176 valence electrons. The van der Waals surface area contributed by atoms with Gasteiger partial charge in [-0.2, -0.15) is 4.57 Å². The first kappa shape index (κ1) is 21.7. The molecule has 0 radical (unpaired) electrons. The predicted octanol–water partition coefficient (Wildman–Crippen LogP) is 7.60. The second kappa shape index (κ2) is 7.86. The smallest absolute Gasteiger partial charge is 0.236 e. The fourth-order valence-corrected chi connectivity index (χ4v) is 6.64. The lowest BCUT2D eigenvalue weighted by Gasteiger charge is -2.20. The van der Waals surface area contributed by atoms with Gasteiger partial charge in [-0.3, -0.25) is 0 Å². The van der Waals surface area contributed by atoms with Gasteiger partial charge in [0, 0.05) is 23.9 Å². The molecule has 0 spiro atoms. The number of rotatable bonds is 4. The van der Waals surface area contributed by atoms with Gasteiger partial charge < -0.3 is 8.98 Å². The minimum absolute atomic E-state index is 0.616. The molecule has 1 fully saturated rings. The highest BCUT2D eigenvalue weighted by Crippen LogP contribution is 2.42. The summed E-state index contributed by atoms with van der Waals surface area (Å²) in [5.41, 5.74) is 11.5. The van der Waals surface area contributed by atoms with Gasteiger partial charge in [-0.15, -0.1) is 0 Å². The average Bonchev–Trinajstić information content (AvgIpc) is 3.43. The Hall–Kier alpha value is -2.81. The van der Waals surface area contributed by atoms with Gasteiger partial charge in [-0.05, 0) is 66.7 Å². The van der Waals surface area contributed by atoms with Gasteiger partial charge in [0.15, 0.2) is 11.8 Å². The lowest BCUT2D eigenvalue weighted by Crippen LogP contribution is -2.27. The van der Waals surface area contributed by atoms with Crippen molar-refractivity contribution in [3.63, 3.8) is 0 Å². The quantitative estimate of drug-likeness (QED) is 0.156. The number of nitrogens with zero attached hydrogens (tertiary/aromatic N) is 2. The van der Waals surface area contributed by atoms with Crippen molar-refractivity contribution in [2.75, 3.05) is 0 Å². The minimum atomic E-state index is 0.616. The molecular formula is C31H37N2O+. The van der Waals surface area contributed by atoms with Gasteiger partial charge in [0.05, 0.1) is 11.1 Å². The van der Waals surface area contributed by atoms with Gasteiger partial charge in [-0.1, -0.05) is 51.7 Å². The molecule has 0 amide bonds. The SMILES string of the molecule is Cc1cc2cc(CC(C)C)cc3oc4c(CC5CCCC5)c5c(cc[n+]5C)n(C)c4c(c1C)c23. The molecule has 3 heterocycles. The van der Waals surface area contributed by atoms with Crippen molar-refractivity contribution in [3.05, 3.63) is 52.7 Å². The Bertz CT molecular complexity index is 1570. The predicted molar refractivity (Wildman–Crippen MR) is 143 cm³/mol. The molecule has 0 atom stereocenters. The van der Waals surface area contributed by atoms with Crippen molar-refractivity contribution in [1.82, 2.24) is 4.57 Å². The van der Waals surface area contributed by atoms with E-state index in [1.54, 1.807) is 0 Å². The summed E-state index contributed by atoms with van der Waals surface area (Å²) in [5, 5.41) is 3.95. The van der Waals surface area contributed by atoms with Crippen LogP contribution in [0.3, 0.4) is 0 Å². The zero-order valence-electron chi connectivity index (χ0n) is 21.6. The molecule has 3 heteroatoms. The molecule has 0 saturated heterocycles. The lowest BCUT2D eigenvalue weighted by atomic mass is 9.91. The first-order valence-electron chi connectivity index (χ1n) is 13.1. The molecule has 1 aliphatic carbocycles. The van der Waals surface area contributed by atoms with E-state index in [4.69, 9.17) is 4.42 Å². The third-order valence-electron chi connectivity index (χ3n) is 8.36. The van der Waals surface area contributed by atoms with E-state index in [-0.39, 0.29) is 0 Å². The number of pyridine rings is 1. The highest BCUT2D eigenvalue weighted by molar-refractivity contribution is 6.20. The number of aryl methyl sites for hydroxylation is 4. The van der Waals surface area contributed by atoms with E-state index in [1.165, 1.54) is 80.6 Å². The zero-order valence-corrected chi connectivity index (χ0v) is 21.6. The van der Waals surface area contributed by atoms with Crippen LogP contribution in [-0.4, -0.2) is 4.57 Å². The number of fused-ring (bicyclic) bond motifs is 3. The number of benzene rings is 2. The molecule has 0 aliphatic heterocycles. The van der Waals surface area contributed by atoms with Crippen LogP contribution >= 0.6 is 0 Å². The second-order valence-corrected chi connectivity index (χ2v) is 11.3. The van der Waals surface area contributed by atoms with Crippen LogP contribution in [-0.2, 0) is 26.9 Å². The summed E-state index contributed by atoms with van der Waals surface area (Å²) >= 11 is 0. The Morgan fingerprint density at radius 3 is 2.59 bits per heavy atom. The molecule has 3 aromatic heterocycles. The third kappa shape index (κ3) is 3.20. The second-order valence-electron chi connectivity index (χ2n) is 11.3. The summed E-state index contributed by atoms with van der Waals surface area (Å²) in [5.74, 6) is 1.37. The highest BCUT2D eigenvalue weighted by atomic mass is 16.3. The van der Waals surface area contributed by atoms with Crippen LogP contribution in [0.2, 0.25) is 0 Å². The standard InChI is InChI=1S/C31H37N2O/c1-18(2)13-22-15-23-14-19(3)20(4)27-28(23)26(17-22)34-31-24(16-21-9-7-8-10-21)29-25(11-12-32(29)5)33(6)30(27)31/h11-12,14-15,17-18,21H,7-10,13,16H2,1-6H3/q+1. The van der Waals surface area contributed by atoms with Crippen LogP contribution in [0.1, 0.15) is 61.8 Å². The Balaban J connectivity index is 1.81. The molecule has 6 rings (SSSR count). The molecule has 34 heavy (non-hydrogen) atoms. The molecule has 5 aromatic rings. The van der Waals surface area contributed by atoms with Crippen molar-refractivity contribution < 1.29 is 8.98 Å². The maximum Gasteiger partial charge on any atom is 0.236 e. The summed E-state index contributed by atoms with van der Waals surface area (Å²) in [4.78, 5) is 0. The molecule has 0 bridgehead atoms. The van der Waals surface area contributed by atoms with Crippen molar-refractivity contribution in [2.24, 2.45) is 25.9 Å². The van der Waals surface area contributed by atoms with E-state index in [1.807, 2.05) is 0 Å². The van der Waals surface area contributed by atoms with Crippen LogP contribution < -0.4 is 4.57 Å². The van der Waals surface area contributed by atoms with Crippen LogP contribution in [0.25, 0.3) is 43.9 Å². The van der Waals surface area contributed by atoms with E-state index in [0.29, 0.717) is 5.92 Å². The maximum absolute atomic E-state index is 6.99. The van der Waals surface area contributed by atoms with E-state index >= 15 is 0 Å². The summed E-state index contributed by atoms with van der Waals surface area (Å²) in [6.45, 7) is 9.14. The van der Waals surface area contributed by atoms with E-state index in [9.17, 15) is 0 Å². The fourth-order valence-electron chi connectivity index (χ4n) is 6.64. The fraction of sp³-hybridized carbons (Fsp3) is 0.452. The van der Waals surface area contributed by atoms with Crippen LogP contribution in [0.15, 0.2) is 34.9 Å². The van der Waals surface area contributed by atoms with Crippen molar-refractivity contribution >= 4 is 43.9 Å². The largest absolute Gasteiger partial charge is 0.454 e. The Labute approximate surface area is 202 Å². The zero-order chi connectivity index (χ0) is 23.7. The van der Waals surface area contributed by atoms with Crippen molar-refractivity contribution in [1.29, 1.82) is 0 Å². The van der Waals surface area contributed by atoms with Gasteiger partial charge in [0.2, 0.25) is 5.52 Å². The van der Waals surface area contributed by atoms with E-state index in [0.717, 1.165) is 29.9 Å². The van der Waals surface area contributed by atoms with Crippen LogP contribution in [0.5, 0.6) is 0 Å². The molecule has 2 aromatic carbocycles. The topological polar surface area (TPSA) is 21.9 Å². The Morgan fingerprint density at radius 1 is 1.09 bits per heavy atom. The van der Waals surface area contributed by atoms with Gasteiger partial charge in [0.25, 0.3) is 0 Å². The summed E-state index contributed by atoms with van der Waals surface area (Å²) in [7, 11) is 4.40. The summed E-state index contributed by atoms with van der Waals surface area (Å²) in [6.07, 6.45) is 9.79. The number of hydrogen-bond acceptors (Lipinski definition) is 1. The molecule has 0 N–H and O–H groups in total. The van der Waals surface area contributed by atoms with Crippen LogP contribution in [0.4, 0.5) is 0 Å². The lowest BCUT2D eigenvalue weighted by molar-refractivity contribution is -0.642. The molecule has 1 saturated carbocycles. The normalized spacial score (nSPS) is 15.3. The molecule has 1 aliphatic rings. The Kier molecular flexibility index (Phi) is 5.02. The summed E-state index contributed by atoms with van der Waals surface area (Å²) in [6, 6.07) is 9.34. The first-order chi connectivity index (χ1) is 16.3. The van der Waals surface area contributed by atoms with Crippen LogP contribution in [0, 0.1) is 25.7 Å². The van der Waals surface area contributed by atoms with Crippen molar-refractivity contribution in [3.8, 4) is 0 Å². The minimum Gasteiger partial charge on any atom is -0.454 e. The highest BCUT2D eigenvalue weighted by Gasteiger charge is 2.28. The van der Waals surface area contributed by atoms with Gasteiger partial charge in [-0.25, -0.2) is 0 Å². The van der Waals surface area contributed by atoms with E-state index < -0.39 is 0 Å². The molecule has 0 unspecified atom stereocenters. The monoisotopic (exact) mass is 453 g/mol.